The van der Waals surface area contributed by atoms with Crippen molar-refractivity contribution < 1.29 is 56.8 Å². The Morgan fingerprint density at radius 2 is 1.03 bits per heavy atom. The zero-order valence-corrected chi connectivity index (χ0v) is 36.2. The topological polar surface area (TPSA) is 186 Å². The van der Waals surface area contributed by atoms with Crippen LogP contribution in [0.2, 0.25) is 0 Å². The predicted molar refractivity (Wildman–Crippen MR) is 229 cm³/mol. The molecule has 0 aromatic heterocycles. The Labute approximate surface area is 349 Å². The van der Waals surface area contributed by atoms with Gasteiger partial charge in [-0.05, 0) is 83.5 Å². The minimum Gasteiger partial charge on any atom is -0.462 e. The summed E-state index contributed by atoms with van der Waals surface area (Å²) in [5, 5.41) is 30.8. The first-order chi connectivity index (χ1) is 28.0. The molecule has 58 heavy (non-hydrogen) atoms. The average molecular weight is 841 g/mol. The molecule has 0 saturated carbocycles. The summed E-state index contributed by atoms with van der Waals surface area (Å²) in [6.45, 7) is 3.64. The van der Waals surface area contributed by atoms with Crippen LogP contribution in [0.25, 0.3) is 0 Å². The summed E-state index contributed by atoms with van der Waals surface area (Å²) in [4.78, 5) is 25.3. The second kappa shape index (κ2) is 35.1. The molecule has 12 nitrogen and oxygen atoms in total. The van der Waals surface area contributed by atoms with Crippen molar-refractivity contribution in [3.8, 4) is 0 Å². The Kier molecular flexibility index (Phi) is 32.3. The second-order valence-electron chi connectivity index (χ2n) is 15.0. The molecule has 334 valence electrons. The van der Waals surface area contributed by atoms with Crippen LogP contribution in [0.4, 0.5) is 0 Å². The number of aliphatic hydroxyl groups is 3. The lowest BCUT2D eigenvalue weighted by atomic mass is 10.00. The summed E-state index contributed by atoms with van der Waals surface area (Å²) in [7, 11) is -4.61. The van der Waals surface area contributed by atoms with Gasteiger partial charge in [0.2, 0.25) is 0 Å². The van der Waals surface area contributed by atoms with Crippen molar-refractivity contribution in [2.45, 2.75) is 192 Å². The molecule has 0 aromatic carbocycles. The fraction of sp³-hybridized carbons (Fsp3) is 0.733. The van der Waals surface area contributed by atoms with Gasteiger partial charge in [-0.1, -0.05) is 120 Å². The molecule has 0 bridgehead atoms. The molecule has 0 amide bonds. The van der Waals surface area contributed by atoms with E-state index in [0.29, 0.717) is 12.8 Å². The number of esters is 2. The number of allylic oxidation sites excluding steroid dienone is 10. The van der Waals surface area contributed by atoms with Crippen molar-refractivity contribution >= 4 is 22.1 Å². The number of carbonyl (C=O) groups excluding carboxylic acids is 2. The summed E-state index contributed by atoms with van der Waals surface area (Å²) < 4.78 is 53.9. The lowest BCUT2D eigenvalue weighted by molar-refractivity contribution is -0.297. The highest BCUT2D eigenvalue weighted by atomic mass is 32.2. The van der Waals surface area contributed by atoms with E-state index in [1.54, 1.807) is 0 Å². The molecular formula is C45H76O12S. The van der Waals surface area contributed by atoms with E-state index < -0.39 is 71.2 Å². The first-order valence-corrected chi connectivity index (χ1v) is 23.5. The van der Waals surface area contributed by atoms with Crippen LogP contribution in [0.1, 0.15) is 155 Å². The van der Waals surface area contributed by atoms with Gasteiger partial charge in [0.05, 0.1) is 6.61 Å². The summed E-state index contributed by atoms with van der Waals surface area (Å²) in [6.07, 6.45) is 32.7. The Morgan fingerprint density at radius 3 is 1.57 bits per heavy atom. The van der Waals surface area contributed by atoms with Gasteiger partial charge in [-0.2, -0.15) is 8.42 Å². The van der Waals surface area contributed by atoms with Crippen LogP contribution in [-0.4, -0.2) is 96.0 Å². The molecule has 1 aliphatic heterocycles. The normalized spacial score (nSPS) is 21.0. The summed E-state index contributed by atoms with van der Waals surface area (Å²) >= 11 is 0. The molecule has 1 aliphatic rings. The van der Waals surface area contributed by atoms with Gasteiger partial charge in [0.25, 0.3) is 10.1 Å². The van der Waals surface area contributed by atoms with E-state index in [4.69, 9.17) is 18.9 Å². The summed E-state index contributed by atoms with van der Waals surface area (Å²) in [5.74, 6) is -2.06. The Balaban J connectivity index is 2.52. The maximum Gasteiger partial charge on any atom is 0.306 e. The monoisotopic (exact) mass is 841 g/mol. The zero-order chi connectivity index (χ0) is 42.7. The molecule has 0 spiro atoms. The number of aliphatic hydroxyl groups excluding tert-OH is 3. The van der Waals surface area contributed by atoms with E-state index in [9.17, 15) is 37.9 Å². The van der Waals surface area contributed by atoms with Crippen LogP contribution >= 0.6 is 0 Å². The average Bonchev–Trinajstić information content (AvgIpc) is 3.18. The van der Waals surface area contributed by atoms with Crippen LogP contribution in [0.5, 0.6) is 0 Å². The minimum absolute atomic E-state index is 0.110. The van der Waals surface area contributed by atoms with Crippen molar-refractivity contribution in [2.75, 3.05) is 19.0 Å². The van der Waals surface area contributed by atoms with Gasteiger partial charge < -0.3 is 34.3 Å². The molecule has 13 heteroatoms. The fourth-order valence-corrected chi connectivity index (χ4v) is 6.81. The molecule has 1 heterocycles. The smallest absolute Gasteiger partial charge is 0.306 e. The van der Waals surface area contributed by atoms with E-state index in [0.717, 1.165) is 77.0 Å². The van der Waals surface area contributed by atoms with E-state index in [1.807, 2.05) is 0 Å². The van der Waals surface area contributed by atoms with E-state index in [2.05, 4.69) is 74.6 Å². The molecule has 1 rings (SSSR count). The van der Waals surface area contributed by atoms with Crippen LogP contribution in [0.3, 0.4) is 0 Å². The molecule has 6 atom stereocenters. The molecule has 1 fully saturated rings. The summed E-state index contributed by atoms with van der Waals surface area (Å²) in [5.41, 5.74) is 0. The van der Waals surface area contributed by atoms with Crippen LogP contribution in [-0.2, 0) is 38.7 Å². The van der Waals surface area contributed by atoms with Gasteiger partial charge >= 0.3 is 11.9 Å². The maximum atomic E-state index is 12.8. The van der Waals surface area contributed by atoms with Crippen molar-refractivity contribution in [2.24, 2.45) is 0 Å². The van der Waals surface area contributed by atoms with E-state index in [1.165, 1.54) is 38.5 Å². The third-order valence-corrected chi connectivity index (χ3v) is 10.3. The number of ether oxygens (including phenoxy) is 4. The van der Waals surface area contributed by atoms with Gasteiger partial charge in [-0.3, -0.25) is 14.1 Å². The number of unbranched alkanes of at least 4 members (excludes halogenated alkanes) is 13. The van der Waals surface area contributed by atoms with Gasteiger partial charge in [-0.25, -0.2) is 0 Å². The maximum absolute atomic E-state index is 12.8. The van der Waals surface area contributed by atoms with Crippen molar-refractivity contribution in [1.82, 2.24) is 0 Å². The Hall–Kier alpha value is -2.65. The fourth-order valence-electron chi connectivity index (χ4n) is 6.12. The van der Waals surface area contributed by atoms with Crippen molar-refractivity contribution in [1.29, 1.82) is 0 Å². The van der Waals surface area contributed by atoms with Crippen LogP contribution in [0.15, 0.2) is 60.8 Å². The van der Waals surface area contributed by atoms with Crippen molar-refractivity contribution in [3.63, 3.8) is 0 Å². The Morgan fingerprint density at radius 1 is 0.586 bits per heavy atom. The lowest BCUT2D eigenvalue weighted by Crippen LogP contribution is -2.60. The third kappa shape index (κ3) is 29.5. The number of hydrogen-bond acceptors (Lipinski definition) is 11. The zero-order valence-electron chi connectivity index (χ0n) is 35.4. The molecule has 0 aromatic rings. The van der Waals surface area contributed by atoms with Crippen LogP contribution < -0.4 is 0 Å². The molecule has 2 unspecified atom stereocenters. The van der Waals surface area contributed by atoms with Gasteiger partial charge in [-0.15, -0.1) is 0 Å². The highest BCUT2D eigenvalue weighted by Crippen LogP contribution is 2.24. The Bertz CT molecular complexity index is 1310. The molecule has 4 N–H and O–H groups in total. The molecule has 1 saturated heterocycles. The quantitative estimate of drug-likeness (QED) is 0.0207. The van der Waals surface area contributed by atoms with Gasteiger partial charge in [0.1, 0.15) is 36.8 Å². The molecular weight excluding hydrogens is 765 g/mol. The third-order valence-electron chi connectivity index (χ3n) is 9.57. The van der Waals surface area contributed by atoms with E-state index in [-0.39, 0.29) is 19.4 Å². The molecule has 0 radical (unpaired) electrons. The number of rotatable bonds is 35. The van der Waals surface area contributed by atoms with Gasteiger partial charge in [0.15, 0.2) is 12.4 Å². The van der Waals surface area contributed by atoms with Crippen LogP contribution in [0, 0.1) is 0 Å². The highest BCUT2D eigenvalue weighted by Gasteiger charge is 2.46. The summed E-state index contributed by atoms with van der Waals surface area (Å²) in [6, 6.07) is 0. The standard InChI is InChI=1S/C45H76O12S/c1-3-5-7-9-11-13-15-17-19-21-23-25-27-29-31-33-40(46)54-35-38(36-55-45-44(50)43(49)42(48)39(57-45)37-58(51,52)53)56-41(47)34-32-30-28-26-24-22-20-18-16-14-12-10-8-6-4-2/h11-14,17-20,24,26,38-39,42-45,48-50H,3-10,15-16,21-23,25,27-37H2,1-2H3,(H,51,52,53)/b13-11+,14-12+,19-17+,20-18+,26-24+/t38-,39-,42-,43?,44?,45+/m1/s1. The number of hydrogen-bond donors (Lipinski definition) is 4. The predicted octanol–water partition coefficient (Wildman–Crippen LogP) is 8.56. The second-order valence-corrected chi connectivity index (χ2v) is 16.5. The van der Waals surface area contributed by atoms with Gasteiger partial charge in [0, 0.05) is 12.8 Å². The first-order valence-electron chi connectivity index (χ1n) is 21.8. The van der Waals surface area contributed by atoms with E-state index >= 15 is 0 Å². The first kappa shape index (κ1) is 53.4. The lowest BCUT2D eigenvalue weighted by Gasteiger charge is -2.40. The SMILES string of the molecule is CCCCC/C=C/C/C=C/C/C=C/CCCCC(=O)O[C@H](COC(=O)CCCCCCC/C=C/C/C=C/CCCCC)CO[C@H]1O[C@H](CS(=O)(=O)O)[C@@H](O)C(O)C1O. The van der Waals surface area contributed by atoms with Crippen molar-refractivity contribution in [3.05, 3.63) is 60.8 Å². The highest BCUT2D eigenvalue weighted by molar-refractivity contribution is 7.85. The minimum atomic E-state index is -4.61. The number of carbonyl (C=O) groups is 2. The molecule has 0 aliphatic carbocycles. The largest absolute Gasteiger partial charge is 0.462 e.